The molecule has 18 heavy (non-hydrogen) atoms. The number of azide groups is 1. The van der Waals surface area contributed by atoms with E-state index in [-0.39, 0.29) is 6.61 Å². The Kier molecular flexibility index (Phi) is 3.76. The molecule has 0 aromatic carbocycles. The summed E-state index contributed by atoms with van der Waals surface area (Å²) in [6.45, 7) is 3.24. The summed E-state index contributed by atoms with van der Waals surface area (Å²) in [6.07, 6.45) is -2.29. The minimum Gasteiger partial charge on any atom is -0.394 e. The molecule has 2 rings (SSSR count). The van der Waals surface area contributed by atoms with Crippen molar-refractivity contribution in [1.29, 1.82) is 0 Å². The van der Waals surface area contributed by atoms with Crippen LogP contribution >= 0.6 is 0 Å². The molecule has 0 unspecified atom stereocenters. The maximum atomic E-state index is 9.29. The van der Waals surface area contributed by atoms with Crippen molar-refractivity contribution in [3.63, 3.8) is 0 Å². The van der Waals surface area contributed by atoms with Crippen LogP contribution in [0, 0.1) is 0 Å². The van der Waals surface area contributed by atoms with Gasteiger partial charge in [0.15, 0.2) is 12.1 Å². The molecule has 0 aliphatic carbocycles. The average Bonchev–Trinajstić information content (AvgIpc) is 2.65. The van der Waals surface area contributed by atoms with Gasteiger partial charge in [0.25, 0.3) is 0 Å². The first-order valence-electron chi connectivity index (χ1n) is 5.71. The van der Waals surface area contributed by atoms with Gasteiger partial charge in [-0.25, -0.2) is 0 Å². The Balaban J connectivity index is 2.28. The van der Waals surface area contributed by atoms with Crippen molar-refractivity contribution in [1.82, 2.24) is 0 Å². The summed E-state index contributed by atoms with van der Waals surface area (Å²) in [5.41, 5.74) is 8.60. The van der Waals surface area contributed by atoms with Crippen LogP contribution in [0.2, 0.25) is 0 Å². The van der Waals surface area contributed by atoms with Crippen LogP contribution in [-0.4, -0.2) is 55.3 Å². The van der Waals surface area contributed by atoms with E-state index in [1.165, 1.54) is 7.11 Å². The molecular weight excluding hydrogens is 242 g/mol. The zero-order valence-corrected chi connectivity index (χ0v) is 10.5. The summed E-state index contributed by atoms with van der Waals surface area (Å²) in [4.78, 5) is 2.77. The van der Waals surface area contributed by atoms with Crippen molar-refractivity contribution >= 4 is 0 Å². The van der Waals surface area contributed by atoms with E-state index in [9.17, 15) is 5.11 Å². The molecule has 8 nitrogen and oxygen atoms in total. The number of hydrogen-bond donors (Lipinski definition) is 1. The van der Waals surface area contributed by atoms with Crippen molar-refractivity contribution in [2.75, 3.05) is 13.7 Å². The SMILES string of the molecule is CO[C@H]1O[C@H](CO)[C@@H](N=[N+]=[N-])[C@@H]2OC(C)(C)O[C@H]12. The van der Waals surface area contributed by atoms with E-state index in [1.54, 1.807) is 13.8 Å². The maximum absolute atomic E-state index is 9.29. The first-order chi connectivity index (χ1) is 8.52. The van der Waals surface area contributed by atoms with Gasteiger partial charge in [0.1, 0.15) is 12.2 Å². The van der Waals surface area contributed by atoms with Gasteiger partial charge in [-0.3, -0.25) is 0 Å². The van der Waals surface area contributed by atoms with Gasteiger partial charge in [0.2, 0.25) is 0 Å². The number of methoxy groups -OCH3 is 1. The quantitative estimate of drug-likeness (QED) is 0.452. The monoisotopic (exact) mass is 259 g/mol. The van der Waals surface area contributed by atoms with Crippen molar-refractivity contribution in [2.45, 2.75) is 50.3 Å². The van der Waals surface area contributed by atoms with E-state index < -0.39 is 36.4 Å². The lowest BCUT2D eigenvalue weighted by Gasteiger charge is -2.38. The second kappa shape index (κ2) is 5.00. The smallest absolute Gasteiger partial charge is 0.186 e. The second-order valence-corrected chi connectivity index (χ2v) is 4.72. The van der Waals surface area contributed by atoms with Gasteiger partial charge in [-0.15, -0.1) is 0 Å². The van der Waals surface area contributed by atoms with E-state index in [0.29, 0.717) is 0 Å². The zero-order chi connectivity index (χ0) is 13.3. The molecule has 0 aromatic rings. The molecule has 5 atom stereocenters. The second-order valence-electron chi connectivity index (χ2n) is 4.72. The molecular formula is C10H17N3O5. The highest BCUT2D eigenvalue weighted by Crippen LogP contribution is 2.38. The molecule has 0 radical (unpaired) electrons. The van der Waals surface area contributed by atoms with Gasteiger partial charge in [0, 0.05) is 12.0 Å². The Morgan fingerprint density at radius 1 is 1.39 bits per heavy atom. The predicted molar refractivity (Wildman–Crippen MR) is 59.5 cm³/mol. The molecule has 0 aromatic heterocycles. The molecule has 2 aliphatic rings. The molecule has 0 amide bonds. The highest BCUT2D eigenvalue weighted by Gasteiger charge is 2.55. The van der Waals surface area contributed by atoms with Crippen LogP contribution in [0.3, 0.4) is 0 Å². The van der Waals surface area contributed by atoms with Crippen LogP contribution in [0.25, 0.3) is 10.4 Å². The maximum Gasteiger partial charge on any atom is 0.186 e. The van der Waals surface area contributed by atoms with Crippen LogP contribution < -0.4 is 0 Å². The fraction of sp³-hybridized carbons (Fsp3) is 1.00. The third-order valence-corrected chi connectivity index (χ3v) is 3.06. The Labute approximate surface area is 104 Å². The summed E-state index contributed by atoms with van der Waals surface area (Å²) >= 11 is 0. The van der Waals surface area contributed by atoms with E-state index in [0.717, 1.165) is 0 Å². The number of hydrogen-bond acceptors (Lipinski definition) is 6. The molecule has 102 valence electrons. The fourth-order valence-electron chi connectivity index (χ4n) is 2.37. The minimum atomic E-state index is -0.803. The topological polar surface area (TPSA) is 106 Å². The van der Waals surface area contributed by atoms with Crippen LogP contribution in [0.1, 0.15) is 13.8 Å². The summed E-state index contributed by atoms with van der Waals surface area (Å²) in [5, 5.41) is 12.9. The van der Waals surface area contributed by atoms with Crippen molar-refractivity contribution in [2.24, 2.45) is 5.11 Å². The summed E-state index contributed by atoms with van der Waals surface area (Å²) in [5.74, 6) is -0.803. The van der Waals surface area contributed by atoms with Gasteiger partial charge in [-0.2, -0.15) is 0 Å². The van der Waals surface area contributed by atoms with E-state index in [1.807, 2.05) is 0 Å². The zero-order valence-electron chi connectivity index (χ0n) is 10.5. The van der Waals surface area contributed by atoms with Crippen LogP contribution in [0.5, 0.6) is 0 Å². The summed E-state index contributed by atoms with van der Waals surface area (Å²) in [6, 6.07) is -0.641. The number of ether oxygens (including phenoxy) is 4. The lowest BCUT2D eigenvalue weighted by molar-refractivity contribution is -0.250. The Morgan fingerprint density at radius 2 is 2.06 bits per heavy atom. The number of nitrogens with zero attached hydrogens (tertiary/aromatic N) is 3. The Hall–Kier alpha value is -0.890. The van der Waals surface area contributed by atoms with E-state index in [4.69, 9.17) is 24.5 Å². The van der Waals surface area contributed by atoms with E-state index >= 15 is 0 Å². The Bertz CT molecular complexity index is 357. The highest BCUT2D eigenvalue weighted by molar-refractivity contribution is 4.99. The van der Waals surface area contributed by atoms with Gasteiger partial charge in [-0.05, 0) is 19.4 Å². The van der Waals surface area contributed by atoms with Crippen molar-refractivity contribution < 1.29 is 24.1 Å². The molecule has 0 bridgehead atoms. The molecule has 0 spiro atoms. The van der Waals surface area contributed by atoms with Gasteiger partial charge < -0.3 is 24.1 Å². The number of rotatable bonds is 3. The first kappa shape index (κ1) is 13.5. The van der Waals surface area contributed by atoms with Crippen molar-refractivity contribution in [3.8, 4) is 0 Å². The number of fused-ring (bicyclic) bond motifs is 1. The van der Waals surface area contributed by atoms with Gasteiger partial charge >= 0.3 is 0 Å². The molecule has 0 saturated carbocycles. The summed E-state index contributed by atoms with van der Waals surface area (Å²) < 4.78 is 22.1. The van der Waals surface area contributed by atoms with E-state index in [2.05, 4.69) is 10.0 Å². The standard InChI is InChI=1S/C10H17N3O5/c1-10(2)17-7-6(12-13-11)5(4-14)16-9(15-3)8(7)18-10/h5-9,14H,4H2,1-3H3/t5-,6-,7+,8+,9+/m1/s1. The highest BCUT2D eigenvalue weighted by atomic mass is 16.8. The molecule has 2 saturated heterocycles. The molecule has 2 fully saturated rings. The molecule has 1 N–H and O–H groups in total. The third-order valence-electron chi connectivity index (χ3n) is 3.06. The number of aliphatic hydroxyl groups is 1. The Morgan fingerprint density at radius 3 is 2.61 bits per heavy atom. The van der Waals surface area contributed by atoms with Crippen molar-refractivity contribution in [3.05, 3.63) is 10.4 Å². The first-order valence-corrected chi connectivity index (χ1v) is 5.71. The molecule has 8 heteroatoms. The van der Waals surface area contributed by atoms with Crippen LogP contribution in [0.15, 0.2) is 5.11 Å². The number of aliphatic hydroxyl groups excluding tert-OH is 1. The molecule has 2 heterocycles. The lowest BCUT2D eigenvalue weighted by Crippen LogP contribution is -2.56. The summed E-state index contributed by atoms with van der Waals surface area (Å²) in [7, 11) is 1.48. The van der Waals surface area contributed by atoms with Crippen LogP contribution in [-0.2, 0) is 18.9 Å². The normalized spacial score (nSPS) is 42.1. The average molecular weight is 259 g/mol. The third kappa shape index (κ3) is 2.31. The predicted octanol–water partition coefficient (Wildman–Crippen LogP) is 0.549. The lowest BCUT2D eigenvalue weighted by atomic mass is 9.97. The van der Waals surface area contributed by atoms with Crippen LogP contribution in [0.4, 0.5) is 0 Å². The molecule has 2 aliphatic heterocycles. The fourth-order valence-corrected chi connectivity index (χ4v) is 2.37. The van der Waals surface area contributed by atoms with Gasteiger partial charge in [-0.1, -0.05) is 5.11 Å². The van der Waals surface area contributed by atoms with Gasteiger partial charge in [0.05, 0.1) is 18.8 Å². The minimum absolute atomic E-state index is 0.281. The largest absolute Gasteiger partial charge is 0.394 e.